The molecule has 1 saturated heterocycles. The van der Waals surface area contributed by atoms with Gasteiger partial charge in [-0.25, -0.2) is 9.48 Å². The minimum Gasteiger partial charge on any atom is -0.459 e. The van der Waals surface area contributed by atoms with Crippen molar-refractivity contribution >= 4 is 35.1 Å². The average Bonchev–Trinajstić information content (AvgIpc) is 3.32. The number of esters is 1. The molecule has 4 rings (SSSR count). The number of aromatic nitrogens is 3. The first-order chi connectivity index (χ1) is 13.1. The second-order valence-electron chi connectivity index (χ2n) is 6.47. The van der Waals surface area contributed by atoms with Gasteiger partial charge in [0.15, 0.2) is 0 Å². The number of nitrogens with one attached hydrogen (secondary N) is 1. The second-order valence-corrected chi connectivity index (χ2v) is 7.26. The van der Waals surface area contributed by atoms with Gasteiger partial charge in [-0.1, -0.05) is 35.3 Å². The summed E-state index contributed by atoms with van der Waals surface area (Å²) in [5.41, 5.74) is 1.70. The monoisotopic (exact) mass is 408 g/mol. The number of rotatable bonds is 4. The van der Waals surface area contributed by atoms with E-state index in [-0.39, 0.29) is 12.7 Å². The fourth-order valence-electron chi connectivity index (χ4n) is 3.40. The molecule has 2 atom stereocenters. The summed E-state index contributed by atoms with van der Waals surface area (Å²) in [6.45, 7) is 2.72. The van der Waals surface area contributed by atoms with Crippen molar-refractivity contribution in [3.8, 4) is 0 Å². The Bertz CT molecular complexity index is 906. The maximum atomic E-state index is 13.0. The van der Waals surface area contributed by atoms with Crippen molar-refractivity contribution in [1.82, 2.24) is 14.8 Å². The van der Waals surface area contributed by atoms with Crippen LogP contribution in [0.2, 0.25) is 10.0 Å². The zero-order valence-corrected chi connectivity index (χ0v) is 16.1. The minimum atomic E-state index is -0.591. The Morgan fingerprint density at radius 2 is 2.30 bits per heavy atom. The van der Waals surface area contributed by atoms with E-state index in [1.807, 2.05) is 6.07 Å². The number of halogens is 2. The van der Waals surface area contributed by atoms with Crippen LogP contribution in [0.4, 0.5) is 5.95 Å². The summed E-state index contributed by atoms with van der Waals surface area (Å²) in [6.07, 6.45) is 3.23. The Morgan fingerprint density at radius 1 is 1.44 bits per heavy atom. The number of carbonyl (C=O) groups is 1. The first-order valence-electron chi connectivity index (χ1n) is 8.66. The number of hydrogen-bond donors (Lipinski definition) is 1. The van der Waals surface area contributed by atoms with Crippen molar-refractivity contribution in [2.75, 3.05) is 18.5 Å². The molecule has 1 aromatic carbocycles. The van der Waals surface area contributed by atoms with Gasteiger partial charge >= 0.3 is 5.97 Å². The van der Waals surface area contributed by atoms with Gasteiger partial charge in [-0.2, -0.15) is 10.1 Å². The van der Waals surface area contributed by atoms with Gasteiger partial charge in [0, 0.05) is 17.9 Å². The fourth-order valence-corrected chi connectivity index (χ4v) is 3.81. The van der Waals surface area contributed by atoms with Crippen molar-refractivity contribution < 1.29 is 14.3 Å². The molecule has 1 N–H and O–H groups in total. The molecule has 2 aromatic rings. The van der Waals surface area contributed by atoms with Gasteiger partial charge in [0.1, 0.15) is 19.0 Å². The van der Waals surface area contributed by atoms with Crippen molar-refractivity contribution in [3.63, 3.8) is 0 Å². The van der Waals surface area contributed by atoms with Crippen LogP contribution >= 0.6 is 23.2 Å². The Kier molecular flexibility index (Phi) is 5.08. The molecule has 2 aliphatic heterocycles. The van der Waals surface area contributed by atoms with E-state index in [0.29, 0.717) is 39.4 Å². The first-order valence-corrected chi connectivity index (χ1v) is 9.41. The van der Waals surface area contributed by atoms with E-state index in [1.54, 1.807) is 23.7 Å². The third kappa shape index (κ3) is 3.42. The highest BCUT2D eigenvalue weighted by molar-refractivity contribution is 6.42. The predicted molar refractivity (Wildman–Crippen MR) is 101 cm³/mol. The van der Waals surface area contributed by atoms with E-state index in [2.05, 4.69) is 15.4 Å². The van der Waals surface area contributed by atoms with E-state index in [1.165, 1.54) is 6.33 Å². The van der Waals surface area contributed by atoms with Crippen molar-refractivity contribution in [2.24, 2.45) is 0 Å². The van der Waals surface area contributed by atoms with E-state index >= 15 is 0 Å². The van der Waals surface area contributed by atoms with Gasteiger partial charge in [-0.05, 0) is 25.8 Å². The Morgan fingerprint density at radius 3 is 3.07 bits per heavy atom. The van der Waals surface area contributed by atoms with Crippen LogP contribution in [0.25, 0.3) is 0 Å². The van der Waals surface area contributed by atoms with Crippen LogP contribution in [0.3, 0.4) is 0 Å². The largest absolute Gasteiger partial charge is 0.459 e. The maximum Gasteiger partial charge on any atom is 0.338 e. The molecule has 9 heteroatoms. The summed E-state index contributed by atoms with van der Waals surface area (Å²) in [4.78, 5) is 17.2. The van der Waals surface area contributed by atoms with E-state index in [9.17, 15) is 4.79 Å². The van der Waals surface area contributed by atoms with E-state index < -0.39 is 12.0 Å². The van der Waals surface area contributed by atoms with Crippen LogP contribution in [0.5, 0.6) is 0 Å². The van der Waals surface area contributed by atoms with Gasteiger partial charge in [-0.3, -0.25) is 0 Å². The number of hydrogen-bond acceptors (Lipinski definition) is 6. The second kappa shape index (κ2) is 7.50. The van der Waals surface area contributed by atoms with Crippen LogP contribution in [0.15, 0.2) is 35.8 Å². The van der Waals surface area contributed by atoms with Crippen LogP contribution in [-0.4, -0.2) is 40.1 Å². The lowest BCUT2D eigenvalue weighted by Gasteiger charge is -2.29. The topological polar surface area (TPSA) is 78.3 Å². The highest BCUT2D eigenvalue weighted by Crippen LogP contribution is 2.40. The molecule has 0 bridgehead atoms. The van der Waals surface area contributed by atoms with Crippen LogP contribution in [0.1, 0.15) is 31.4 Å². The molecule has 2 aliphatic rings. The maximum absolute atomic E-state index is 13.0. The molecule has 0 aliphatic carbocycles. The van der Waals surface area contributed by atoms with Gasteiger partial charge in [0.2, 0.25) is 5.95 Å². The van der Waals surface area contributed by atoms with E-state index in [4.69, 9.17) is 32.7 Å². The smallest absolute Gasteiger partial charge is 0.338 e. The van der Waals surface area contributed by atoms with Gasteiger partial charge in [-0.15, -0.1) is 0 Å². The van der Waals surface area contributed by atoms with Gasteiger partial charge in [0.25, 0.3) is 0 Å². The summed E-state index contributed by atoms with van der Waals surface area (Å²) in [5.74, 6) is 0.0712. The van der Waals surface area contributed by atoms with Crippen LogP contribution < -0.4 is 5.32 Å². The minimum absolute atomic E-state index is 0.0541. The molecule has 1 aromatic heterocycles. The highest BCUT2D eigenvalue weighted by atomic mass is 35.5. The first kappa shape index (κ1) is 18.3. The van der Waals surface area contributed by atoms with E-state index in [0.717, 1.165) is 12.8 Å². The molecule has 0 unspecified atom stereocenters. The van der Waals surface area contributed by atoms with Gasteiger partial charge < -0.3 is 14.8 Å². The summed E-state index contributed by atoms with van der Waals surface area (Å²) in [6, 6.07) is 4.71. The molecule has 27 heavy (non-hydrogen) atoms. The third-order valence-electron chi connectivity index (χ3n) is 4.71. The van der Waals surface area contributed by atoms with Crippen molar-refractivity contribution in [2.45, 2.75) is 31.9 Å². The number of ether oxygens (including phenoxy) is 2. The predicted octanol–water partition coefficient (Wildman–Crippen LogP) is 3.60. The zero-order valence-electron chi connectivity index (χ0n) is 14.6. The SMILES string of the molecule is CC1=C(C(=O)OC[C@H]2CCCO2)[C@@H](c2cccc(Cl)c2Cl)n2ncnc2N1. The molecule has 1 fully saturated rings. The van der Waals surface area contributed by atoms with Crippen LogP contribution in [0, 0.1) is 0 Å². The van der Waals surface area contributed by atoms with Crippen LogP contribution in [-0.2, 0) is 14.3 Å². The van der Waals surface area contributed by atoms with Crippen molar-refractivity contribution in [1.29, 1.82) is 0 Å². The molecule has 0 amide bonds. The molecule has 0 spiro atoms. The number of fused-ring (bicyclic) bond motifs is 1. The quantitative estimate of drug-likeness (QED) is 0.778. The fraction of sp³-hybridized carbons (Fsp3) is 0.389. The normalized spacial score (nSPS) is 21.7. The zero-order chi connectivity index (χ0) is 19.0. The molecule has 142 valence electrons. The highest BCUT2D eigenvalue weighted by Gasteiger charge is 2.36. The molecular formula is C18H18Cl2N4O3. The number of nitrogens with zero attached hydrogens (tertiary/aromatic N) is 3. The average molecular weight is 409 g/mol. The Balaban J connectivity index is 1.70. The lowest BCUT2D eigenvalue weighted by molar-refractivity contribution is -0.142. The summed E-state index contributed by atoms with van der Waals surface area (Å²) >= 11 is 12.7. The molecule has 7 nitrogen and oxygen atoms in total. The molecule has 0 radical (unpaired) electrons. The molecular weight excluding hydrogens is 391 g/mol. The lowest BCUT2D eigenvalue weighted by Crippen LogP contribution is -2.31. The lowest BCUT2D eigenvalue weighted by atomic mass is 9.95. The number of benzene rings is 1. The molecule has 0 saturated carbocycles. The number of anilines is 1. The number of carbonyl (C=O) groups excluding carboxylic acids is 1. The van der Waals surface area contributed by atoms with Gasteiger partial charge in [0.05, 0.1) is 21.7 Å². The van der Waals surface area contributed by atoms with Crippen molar-refractivity contribution in [3.05, 3.63) is 51.4 Å². The number of allylic oxidation sites excluding steroid dienone is 1. The standard InChI is InChI=1S/C18H18Cl2N4O3/c1-10-14(17(25)27-8-11-4-3-7-26-11)16(24-18(23-10)21-9-22-24)12-5-2-6-13(19)15(12)20/h2,5-6,9,11,16H,3-4,7-8H2,1H3,(H,21,22,23)/t11-,16-/m1/s1. The summed E-state index contributed by atoms with van der Waals surface area (Å²) in [5, 5.41) is 8.13. The summed E-state index contributed by atoms with van der Waals surface area (Å²) < 4.78 is 12.7. The Hall–Kier alpha value is -2.09. The Labute approximate surface area is 166 Å². The third-order valence-corrected chi connectivity index (χ3v) is 5.55. The summed E-state index contributed by atoms with van der Waals surface area (Å²) in [7, 11) is 0. The molecule has 3 heterocycles.